The maximum absolute atomic E-state index is 13.6. The molecule has 0 fully saturated rings. The lowest BCUT2D eigenvalue weighted by Crippen LogP contribution is -2.51. The van der Waals surface area contributed by atoms with Gasteiger partial charge in [-0.1, -0.05) is 38.5 Å². The SMILES string of the molecule is CC[C@@H](C)C(=O)O[C@H]1[C@H](OC(C)=O)C=C(C[C@H]2C=C(C)[C@@H](CC(=O)OC)C(C)(C)OC2=O)C2=CC[C@@H](c3ccoc3)[C@@]21C. The molecule has 2 aliphatic carbocycles. The predicted molar refractivity (Wildman–Crippen MR) is 157 cm³/mol. The highest BCUT2D eigenvalue weighted by atomic mass is 16.6. The van der Waals surface area contributed by atoms with E-state index in [4.69, 9.17) is 23.4 Å². The van der Waals surface area contributed by atoms with Gasteiger partial charge in [-0.3, -0.25) is 19.2 Å². The maximum Gasteiger partial charge on any atom is 0.313 e. The Balaban J connectivity index is 1.78. The minimum absolute atomic E-state index is 0.0852. The Morgan fingerprint density at radius 3 is 2.47 bits per heavy atom. The molecule has 0 N–H and O–H groups in total. The van der Waals surface area contributed by atoms with E-state index in [0.29, 0.717) is 12.8 Å². The summed E-state index contributed by atoms with van der Waals surface area (Å²) in [5.41, 5.74) is 1.86. The zero-order valence-corrected chi connectivity index (χ0v) is 26.4. The summed E-state index contributed by atoms with van der Waals surface area (Å²) in [5.74, 6) is -3.10. The Hall–Kier alpha value is -3.62. The van der Waals surface area contributed by atoms with Crippen LogP contribution in [0.2, 0.25) is 0 Å². The van der Waals surface area contributed by atoms with Gasteiger partial charge in [0, 0.05) is 24.2 Å². The van der Waals surface area contributed by atoms with E-state index in [0.717, 1.165) is 22.3 Å². The second kappa shape index (κ2) is 12.5. The number of carbonyl (C=O) groups excluding carboxylic acids is 4. The normalized spacial score (nSPS) is 30.5. The molecule has 0 saturated carbocycles. The van der Waals surface area contributed by atoms with Crippen LogP contribution in [0.4, 0.5) is 0 Å². The molecule has 3 aliphatic rings. The fourth-order valence-corrected chi connectivity index (χ4v) is 6.94. The Kier molecular flexibility index (Phi) is 9.42. The molecule has 0 spiro atoms. The first-order valence-corrected chi connectivity index (χ1v) is 15.0. The lowest BCUT2D eigenvalue weighted by molar-refractivity contribution is -0.176. The number of allylic oxidation sites excluding steroid dienone is 2. The molecule has 1 aromatic rings. The third-order valence-corrected chi connectivity index (χ3v) is 9.53. The van der Waals surface area contributed by atoms with Crippen molar-refractivity contribution in [1.29, 1.82) is 0 Å². The van der Waals surface area contributed by atoms with Gasteiger partial charge in [-0.15, -0.1) is 0 Å². The number of cyclic esters (lactones) is 1. The second-order valence-electron chi connectivity index (χ2n) is 12.8. The van der Waals surface area contributed by atoms with Gasteiger partial charge in [-0.2, -0.15) is 0 Å². The quantitative estimate of drug-likeness (QED) is 0.192. The van der Waals surface area contributed by atoms with Crippen LogP contribution in [0.25, 0.3) is 0 Å². The van der Waals surface area contributed by atoms with Gasteiger partial charge < -0.3 is 23.4 Å². The number of fused-ring (bicyclic) bond motifs is 1. The molecule has 0 bridgehead atoms. The number of hydrogen-bond acceptors (Lipinski definition) is 9. The summed E-state index contributed by atoms with van der Waals surface area (Å²) in [6, 6.07) is 1.90. The van der Waals surface area contributed by atoms with E-state index in [1.807, 2.05) is 45.9 Å². The van der Waals surface area contributed by atoms with Gasteiger partial charge in [0.2, 0.25) is 0 Å². The van der Waals surface area contributed by atoms with Gasteiger partial charge in [0.05, 0.1) is 37.9 Å². The number of hydrogen-bond donors (Lipinski definition) is 0. The van der Waals surface area contributed by atoms with Crippen LogP contribution < -0.4 is 0 Å². The van der Waals surface area contributed by atoms with Crippen molar-refractivity contribution in [3.8, 4) is 0 Å². The molecule has 7 atom stereocenters. The molecule has 43 heavy (non-hydrogen) atoms. The molecule has 1 aromatic heterocycles. The minimum Gasteiger partial charge on any atom is -0.472 e. The largest absolute Gasteiger partial charge is 0.472 e. The molecular formula is C34H44O9. The molecule has 0 aromatic carbocycles. The van der Waals surface area contributed by atoms with E-state index in [1.165, 1.54) is 14.0 Å². The fourth-order valence-electron chi connectivity index (χ4n) is 6.94. The lowest BCUT2D eigenvalue weighted by atomic mass is 9.62. The van der Waals surface area contributed by atoms with Gasteiger partial charge in [0.1, 0.15) is 5.60 Å². The highest BCUT2D eigenvalue weighted by Gasteiger charge is 2.57. The van der Waals surface area contributed by atoms with Crippen molar-refractivity contribution in [2.24, 2.45) is 23.2 Å². The summed E-state index contributed by atoms with van der Waals surface area (Å²) >= 11 is 0. The van der Waals surface area contributed by atoms with Crippen LogP contribution in [0.5, 0.6) is 0 Å². The van der Waals surface area contributed by atoms with Gasteiger partial charge in [-0.05, 0) is 68.9 Å². The van der Waals surface area contributed by atoms with E-state index in [9.17, 15) is 19.2 Å². The highest BCUT2D eigenvalue weighted by Crippen LogP contribution is 2.59. The molecule has 0 radical (unpaired) electrons. The molecule has 1 aliphatic heterocycles. The Morgan fingerprint density at radius 1 is 1.14 bits per heavy atom. The van der Waals surface area contributed by atoms with Crippen LogP contribution in [-0.2, 0) is 38.1 Å². The summed E-state index contributed by atoms with van der Waals surface area (Å²) in [6.07, 6.45) is 9.08. The predicted octanol–water partition coefficient (Wildman–Crippen LogP) is 6.00. The molecule has 9 heteroatoms. The van der Waals surface area contributed by atoms with Gasteiger partial charge >= 0.3 is 23.9 Å². The van der Waals surface area contributed by atoms with E-state index < -0.39 is 41.1 Å². The Bertz CT molecular complexity index is 1330. The number of esters is 4. The monoisotopic (exact) mass is 596 g/mol. The molecule has 9 nitrogen and oxygen atoms in total. The van der Waals surface area contributed by atoms with Crippen LogP contribution in [0.3, 0.4) is 0 Å². The van der Waals surface area contributed by atoms with Gasteiger partial charge in [-0.25, -0.2) is 0 Å². The van der Waals surface area contributed by atoms with E-state index in [2.05, 4.69) is 6.08 Å². The van der Waals surface area contributed by atoms with Crippen molar-refractivity contribution in [3.05, 3.63) is 59.1 Å². The van der Waals surface area contributed by atoms with Crippen LogP contribution in [0.1, 0.15) is 85.6 Å². The van der Waals surface area contributed by atoms with Crippen LogP contribution in [0.15, 0.2) is 58.0 Å². The topological polar surface area (TPSA) is 118 Å². The summed E-state index contributed by atoms with van der Waals surface area (Å²) < 4.78 is 28.4. The molecule has 0 unspecified atom stereocenters. The van der Waals surface area contributed by atoms with Crippen LogP contribution in [-0.4, -0.2) is 48.8 Å². The number of carbonyl (C=O) groups is 4. The van der Waals surface area contributed by atoms with Crippen molar-refractivity contribution < 1.29 is 42.5 Å². The number of furan rings is 1. The Morgan fingerprint density at radius 2 is 1.86 bits per heavy atom. The number of methoxy groups -OCH3 is 1. The van der Waals surface area contributed by atoms with E-state index in [1.54, 1.807) is 26.4 Å². The zero-order chi connectivity index (χ0) is 31.7. The van der Waals surface area contributed by atoms with Crippen molar-refractivity contribution in [3.63, 3.8) is 0 Å². The zero-order valence-electron chi connectivity index (χ0n) is 26.4. The molecule has 0 saturated heterocycles. The molecular weight excluding hydrogens is 552 g/mol. The third kappa shape index (κ3) is 6.36. The average Bonchev–Trinajstić information content (AvgIpc) is 3.58. The first-order chi connectivity index (χ1) is 20.2. The summed E-state index contributed by atoms with van der Waals surface area (Å²) in [6.45, 7) is 12.6. The van der Waals surface area contributed by atoms with Gasteiger partial charge in [0.25, 0.3) is 0 Å². The van der Waals surface area contributed by atoms with Crippen LogP contribution in [0, 0.1) is 23.2 Å². The third-order valence-electron chi connectivity index (χ3n) is 9.53. The number of ether oxygens (including phenoxy) is 4. The molecule has 4 rings (SSSR count). The molecule has 234 valence electrons. The van der Waals surface area contributed by atoms with Crippen molar-refractivity contribution in [2.75, 3.05) is 7.11 Å². The fraction of sp³-hybridized carbons (Fsp3) is 0.588. The molecule has 2 heterocycles. The summed E-state index contributed by atoms with van der Waals surface area (Å²) in [7, 11) is 1.34. The first-order valence-electron chi connectivity index (χ1n) is 15.0. The first kappa shape index (κ1) is 32.3. The standard InChI is InChI=1S/C34H44O9/c1-9-19(2)31(37)42-30-28(41-21(4)35)16-23(26-11-10-25(34(26,30)7)22-12-13-40-18-22)15-24-14-20(3)27(17-29(36)39-8)33(5,6)43-32(24)38/h11-14,16,18-19,24-25,27-28,30H,9-10,15,17H2,1-8H3/t19-,24-,25+,27-,28-,30+,34+/m1/s1. The second-order valence-corrected chi connectivity index (χ2v) is 12.8. The van der Waals surface area contributed by atoms with Crippen LogP contribution >= 0.6 is 0 Å². The maximum atomic E-state index is 13.6. The van der Waals surface area contributed by atoms with E-state index >= 15 is 0 Å². The number of rotatable bonds is 9. The van der Waals surface area contributed by atoms with Crippen molar-refractivity contribution in [2.45, 2.75) is 97.9 Å². The highest BCUT2D eigenvalue weighted by molar-refractivity contribution is 5.78. The van der Waals surface area contributed by atoms with Crippen molar-refractivity contribution in [1.82, 2.24) is 0 Å². The Labute approximate surface area is 253 Å². The molecule has 0 amide bonds. The smallest absolute Gasteiger partial charge is 0.313 e. The summed E-state index contributed by atoms with van der Waals surface area (Å²) in [4.78, 5) is 51.3. The van der Waals surface area contributed by atoms with Gasteiger partial charge in [0.15, 0.2) is 12.2 Å². The average molecular weight is 597 g/mol. The summed E-state index contributed by atoms with van der Waals surface area (Å²) in [5, 5.41) is 0. The minimum atomic E-state index is -0.926. The lowest BCUT2D eigenvalue weighted by Gasteiger charge is -2.47. The van der Waals surface area contributed by atoms with E-state index in [-0.39, 0.29) is 42.5 Å². The van der Waals surface area contributed by atoms with Crippen molar-refractivity contribution >= 4 is 23.9 Å².